The molecule has 2 rings (SSSR count). The van der Waals surface area contributed by atoms with E-state index in [9.17, 15) is 0 Å². The van der Waals surface area contributed by atoms with E-state index in [1.165, 1.54) is 0 Å². The van der Waals surface area contributed by atoms with E-state index in [0.717, 1.165) is 30.6 Å². The molecule has 0 aliphatic rings. The minimum atomic E-state index is 0.0924. The second kappa shape index (κ2) is 5.87. The lowest BCUT2D eigenvalue weighted by molar-refractivity contribution is 0.281. The Hall–Kier alpha value is -1.55. The highest BCUT2D eigenvalue weighted by Gasteiger charge is 2.08. The Balaban J connectivity index is 2.06. The number of aliphatic hydroxyl groups is 1. The van der Waals surface area contributed by atoms with Crippen LogP contribution < -0.4 is 0 Å². The average molecular weight is 247 g/mol. The van der Waals surface area contributed by atoms with Gasteiger partial charge in [-0.2, -0.15) is 5.10 Å². The molecule has 2 aromatic rings. The Morgan fingerprint density at radius 2 is 2.00 bits per heavy atom. The van der Waals surface area contributed by atoms with Crippen molar-refractivity contribution in [1.29, 1.82) is 0 Å². The van der Waals surface area contributed by atoms with E-state index in [1.54, 1.807) is 0 Å². The van der Waals surface area contributed by atoms with Crippen LogP contribution in [0.2, 0.25) is 0 Å². The topological polar surface area (TPSA) is 43.0 Å². The van der Waals surface area contributed by atoms with E-state index in [0.29, 0.717) is 6.04 Å². The molecule has 4 heteroatoms. The highest BCUT2D eigenvalue weighted by molar-refractivity contribution is 5.11. The molecule has 0 atom stereocenters. The predicted octanol–water partition coefficient (Wildman–Crippen LogP) is 2.59. The zero-order valence-electron chi connectivity index (χ0n) is 11.1. The molecule has 4 nitrogen and oxygen atoms in total. The van der Waals surface area contributed by atoms with Gasteiger partial charge in [0, 0.05) is 18.6 Å². The highest BCUT2D eigenvalue weighted by atomic mass is 16.3. The molecule has 1 N–H and O–H groups in total. The molecule has 2 heterocycles. The van der Waals surface area contributed by atoms with Crippen LogP contribution in [0.15, 0.2) is 30.7 Å². The zero-order chi connectivity index (χ0) is 13.0. The zero-order valence-corrected chi connectivity index (χ0v) is 11.1. The first kappa shape index (κ1) is 12.9. The Bertz CT molecular complexity index is 483. The van der Waals surface area contributed by atoms with Crippen LogP contribution in [0.25, 0.3) is 0 Å². The van der Waals surface area contributed by atoms with Crippen LogP contribution >= 0.6 is 0 Å². The lowest BCUT2D eigenvalue weighted by Crippen LogP contribution is -2.08. The van der Waals surface area contributed by atoms with Crippen molar-refractivity contribution in [3.63, 3.8) is 0 Å². The molecular weight excluding hydrogens is 226 g/mol. The smallest absolute Gasteiger partial charge is 0.0821 e. The number of hydrogen-bond donors (Lipinski definition) is 1. The van der Waals surface area contributed by atoms with Crippen molar-refractivity contribution in [2.45, 2.75) is 45.9 Å². The third-order valence-electron chi connectivity index (χ3n) is 3.32. The van der Waals surface area contributed by atoms with Gasteiger partial charge in [-0.25, -0.2) is 0 Å². The lowest BCUT2D eigenvalue weighted by Gasteiger charge is -2.12. The molecule has 0 amide bonds. The van der Waals surface area contributed by atoms with Gasteiger partial charge in [0.15, 0.2) is 0 Å². The molecule has 98 valence electrons. The maximum Gasteiger partial charge on any atom is 0.0821 e. The van der Waals surface area contributed by atoms with Gasteiger partial charge in [-0.15, -0.1) is 0 Å². The van der Waals surface area contributed by atoms with Gasteiger partial charge < -0.3 is 9.67 Å². The molecule has 0 spiro atoms. The van der Waals surface area contributed by atoms with E-state index >= 15 is 0 Å². The normalized spacial score (nSPS) is 11.3. The summed E-state index contributed by atoms with van der Waals surface area (Å²) in [6.45, 7) is 5.23. The lowest BCUT2D eigenvalue weighted by atomic mass is 10.2. The van der Waals surface area contributed by atoms with Crippen LogP contribution in [0.1, 0.15) is 44.0 Å². The summed E-state index contributed by atoms with van der Waals surface area (Å²) in [4.78, 5) is 0. The van der Waals surface area contributed by atoms with Crippen LogP contribution in [0.3, 0.4) is 0 Å². The minimum Gasteiger partial charge on any atom is -0.392 e. The molecule has 0 saturated heterocycles. The molecule has 0 radical (unpaired) electrons. The maximum absolute atomic E-state index is 9.02. The van der Waals surface area contributed by atoms with E-state index < -0.39 is 0 Å². The summed E-state index contributed by atoms with van der Waals surface area (Å²) >= 11 is 0. The van der Waals surface area contributed by atoms with Crippen molar-refractivity contribution < 1.29 is 5.11 Å². The second-order valence-corrected chi connectivity index (χ2v) is 4.61. The van der Waals surface area contributed by atoms with Gasteiger partial charge >= 0.3 is 0 Å². The van der Waals surface area contributed by atoms with Gasteiger partial charge in [-0.05, 0) is 30.5 Å². The first-order valence-electron chi connectivity index (χ1n) is 6.56. The summed E-state index contributed by atoms with van der Waals surface area (Å²) in [5.41, 5.74) is 2.00. The molecule has 0 aliphatic carbocycles. The van der Waals surface area contributed by atoms with E-state index in [1.807, 2.05) is 23.0 Å². The van der Waals surface area contributed by atoms with Gasteiger partial charge in [0.25, 0.3) is 0 Å². The molecular formula is C14H21N3O. The Labute approximate surface area is 108 Å². The van der Waals surface area contributed by atoms with Crippen molar-refractivity contribution in [1.82, 2.24) is 14.3 Å². The van der Waals surface area contributed by atoms with Crippen LogP contribution in [-0.4, -0.2) is 19.5 Å². The summed E-state index contributed by atoms with van der Waals surface area (Å²) in [5.74, 6) is 0. The van der Waals surface area contributed by atoms with Gasteiger partial charge in [0.2, 0.25) is 0 Å². The quantitative estimate of drug-likeness (QED) is 0.852. The van der Waals surface area contributed by atoms with Crippen LogP contribution in [-0.2, 0) is 13.2 Å². The molecule has 0 aliphatic heterocycles. The molecule has 0 aromatic carbocycles. The van der Waals surface area contributed by atoms with E-state index in [-0.39, 0.29) is 6.61 Å². The monoisotopic (exact) mass is 247 g/mol. The fourth-order valence-corrected chi connectivity index (χ4v) is 2.20. The summed E-state index contributed by atoms with van der Waals surface area (Å²) < 4.78 is 4.11. The highest BCUT2D eigenvalue weighted by Crippen LogP contribution is 2.15. The Kier molecular flexibility index (Phi) is 4.20. The SMILES string of the molecule is CCC(CC)n1ccc(Cn2ccc(CO)c2)n1. The van der Waals surface area contributed by atoms with Crippen LogP contribution in [0, 0.1) is 0 Å². The fraction of sp³-hybridized carbons (Fsp3) is 0.500. The number of hydrogen-bond acceptors (Lipinski definition) is 2. The van der Waals surface area contributed by atoms with Gasteiger partial charge in [0.1, 0.15) is 0 Å². The minimum absolute atomic E-state index is 0.0924. The molecule has 18 heavy (non-hydrogen) atoms. The van der Waals surface area contributed by atoms with Crippen molar-refractivity contribution in [2.75, 3.05) is 0 Å². The summed E-state index contributed by atoms with van der Waals surface area (Å²) in [7, 11) is 0. The summed E-state index contributed by atoms with van der Waals surface area (Å²) in [6, 6.07) is 4.49. The molecule has 0 saturated carbocycles. The number of aromatic nitrogens is 3. The third kappa shape index (κ3) is 2.82. The molecule has 0 fully saturated rings. The fourth-order valence-electron chi connectivity index (χ4n) is 2.20. The second-order valence-electron chi connectivity index (χ2n) is 4.61. The largest absolute Gasteiger partial charge is 0.392 e. The van der Waals surface area contributed by atoms with Crippen LogP contribution in [0.4, 0.5) is 0 Å². The molecule has 2 aromatic heterocycles. The summed E-state index contributed by atoms with van der Waals surface area (Å²) in [6.07, 6.45) is 8.20. The first-order valence-corrected chi connectivity index (χ1v) is 6.56. The molecule has 0 unspecified atom stereocenters. The van der Waals surface area contributed by atoms with Crippen molar-refractivity contribution in [2.24, 2.45) is 0 Å². The van der Waals surface area contributed by atoms with Crippen molar-refractivity contribution in [3.8, 4) is 0 Å². The van der Waals surface area contributed by atoms with Gasteiger partial charge in [-0.1, -0.05) is 13.8 Å². The van der Waals surface area contributed by atoms with Crippen molar-refractivity contribution in [3.05, 3.63) is 42.0 Å². The first-order chi connectivity index (χ1) is 8.76. The molecule has 0 bridgehead atoms. The van der Waals surface area contributed by atoms with Gasteiger partial charge in [0.05, 0.1) is 24.9 Å². The average Bonchev–Trinajstić information content (AvgIpc) is 3.01. The Morgan fingerprint density at radius 1 is 1.22 bits per heavy atom. The van der Waals surface area contributed by atoms with Crippen molar-refractivity contribution >= 4 is 0 Å². The number of rotatable bonds is 6. The summed E-state index contributed by atoms with van der Waals surface area (Å²) in [5, 5.41) is 13.6. The standard InChI is InChI=1S/C14H21N3O/c1-3-14(4-2)17-8-6-13(15-17)10-16-7-5-12(9-16)11-18/h5-9,14,18H,3-4,10-11H2,1-2H3. The third-order valence-corrected chi connectivity index (χ3v) is 3.32. The van der Waals surface area contributed by atoms with Gasteiger partial charge in [-0.3, -0.25) is 4.68 Å². The Morgan fingerprint density at radius 3 is 2.61 bits per heavy atom. The van der Waals surface area contributed by atoms with Crippen LogP contribution in [0.5, 0.6) is 0 Å². The number of nitrogens with zero attached hydrogens (tertiary/aromatic N) is 3. The maximum atomic E-state index is 9.02. The number of aliphatic hydroxyl groups excluding tert-OH is 1. The van der Waals surface area contributed by atoms with E-state index in [4.69, 9.17) is 5.11 Å². The predicted molar refractivity (Wildman–Crippen MR) is 71.3 cm³/mol. The van der Waals surface area contributed by atoms with E-state index in [2.05, 4.69) is 35.9 Å².